The lowest BCUT2D eigenvalue weighted by molar-refractivity contribution is 0.0857. The quantitative estimate of drug-likeness (QED) is 0.779. The van der Waals surface area contributed by atoms with Crippen LogP contribution in [0.1, 0.15) is 15.9 Å². The Morgan fingerprint density at radius 2 is 1.45 bits per heavy atom. The number of nitrogens with zero attached hydrogens (tertiary/aromatic N) is 1. The standard InChI is InChI=1S/C17H14NO2/c1-14(15-8-4-2-5-9-15)12-18(13-19)17(20)16-10-6-3-7-11-16/h2-11H,1,12H2. The van der Waals surface area contributed by atoms with Crippen molar-refractivity contribution in [2.24, 2.45) is 0 Å². The highest BCUT2D eigenvalue weighted by Gasteiger charge is 2.16. The lowest BCUT2D eigenvalue weighted by Crippen LogP contribution is -2.31. The fourth-order valence-corrected chi connectivity index (χ4v) is 1.84. The van der Waals surface area contributed by atoms with E-state index in [1.54, 1.807) is 30.7 Å². The zero-order chi connectivity index (χ0) is 14.4. The van der Waals surface area contributed by atoms with Gasteiger partial charge in [0.2, 0.25) is 0 Å². The minimum atomic E-state index is -0.377. The number of imide groups is 1. The fourth-order valence-electron chi connectivity index (χ4n) is 1.84. The Balaban J connectivity index is 2.12. The van der Waals surface area contributed by atoms with E-state index in [0.29, 0.717) is 11.1 Å². The molecule has 2 aromatic rings. The van der Waals surface area contributed by atoms with Crippen LogP contribution in [0.4, 0.5) is 0 Å². The first kappa shape index (κ1) is 13.7. The average molecular weight is 264 g/mol. The van der Waals surface area contributed by atoms with Crippen molar-refractivity contribution in [2.75, 3.05) is 6.54 Å². The maximum atomic E-state index is 12.2. The Morgan fingerprint density at radius 3 is 1.95 bits per heavy atom. The summed E-state index contributed by atoms with van der Waals surface area (Å²) < 4.78 is 0. The maximum Gasteiger partial charge on any atom is 0.319 e. The van der Waals surface area contributed by atoms with Gasteiger partial charge in [0.25, 0.3) is 5.91 Å². The van der Waals surface area contributed by atoms with E-state index in [4.69, 9.17) is 0 Å². The fraction of sp³-hybridized carbons (Fsp3) is 0.0588. The van der Waals surface area contributed by atoms with E-state index in [1.807, 2.05) is 36.4 Å². The van der Waals surface area contributed by atoms with Gasteiger partial charge in [-0.25, -0.2) is 0 Å². The normalized spacial score (nSPS) is 9.80. The Labute approximate surface area is 118 Å². The molecule has 0 aromatic heterocycles. The molecule has 20 heavy (non-hydrogen) atoms. The highest BCUT2D eigenvalue weighted by molar-refractivity contribution is 6.00. The van der Waals surface area contributed by atoms with Crippen molar-refractivity contribution >= 4 is 17.9 Å². The highest BCUT2D eigenvalue weighted by Crippen LogP contribution is 2.14. The third-order valence-electron chi connectivity index (χ3n) is 2.91. The molecule has 0 atom stereocenters. The summed E-state index contributed by atoms with van der Waals surface area (Å²) in [7, 11) is 0. The molecule has 0 heterocycles. The monoisotopic (exact) mass is 264 g/mol. The van der Waals surface area contributed by atoms with Gasteiger partial charge in [-0.05, 0) is 23.3 Å². The van der Waals surface area contributed by atoms with Gasteiger partial charge in [0, 0.05) is 5.56 Å². The minimum absolute atomic E-state index is 0.126. The largest absolute Gasteiger partial charge is 0.319 e. The summed E-state index contributed by atoms with van der Waals surface area (Å²) in [5.74, 6) is -0.377. The van der Waals surface area contributed by atoms with Gasteiger partial charge in [0.05, 0.1) is 6.54 Å². The topological polar surface area (TPSA) is 37.4 Å². The zero-order valence-corrected chi connectivity index (χ0v) is 11.0. The maximum absolute atomic E-state index is 12.2. The Kier molecular flexibility index (Phi) is 4.45. The molecule has 3 heteroatoms. The van der Waals surface area contributed by atoms with Crippen molar-refractivity contribution in [1.29, 1.82) is 0 Å². The van der Waals surface area contributed by atoms with Crippen molar-refractivity contribution in [2.45, 2.75) is 0 Å². The van der Waals surface area contributed by atoms with Crippen LogP contribution < -0.4 is 0 Å². The molecule has 2 aromatic carbocycles. The van der Waals surface area contributed by atoms with Crippen LogP contribution in [0, 0.1) is 0 Å². The van der Waals surface area contributed by atoms with E-state index in [1.165, 1.54) is 0 Å². The van der Waals surface area contributed by atoms with Gasteiger partial charge in [-0.15, -0.1) is 0 Å². The molecule has 0 bridgehead atoms. The van der Waals surface area contributed by atoms with E-state index in [-0.39, 0.29) is 12.5 Å². The molecular weight excluding hydrogens is 250 g/mol. The number of hydrogen-bond acceptors (Lipinski definition) is 2. The molecule has 2 rings (SSSR count). The number of amides is 2. The average Bonchev–Trinajstić information content (AvgIpc) is 2.53. The van der Waals surface area contributed by atoms with E-state index >= 15 is 0 Å². The minimum Gasteiger partial charge on any atom is -0.269 e. The summed E-state index contributed by atoms with van der Waals surface area (Å²) in [6, 6.07) is 18.1. The molecule has 3 nitrogen and oxygen atoms in total. The van der Waals surface area contributed by atoms with Crippen molar-refractivity contribution in [3.05, 3.63) is 78.4 Å². The molecule has 99 valence electrons. The molecule has 1 radical (unpaired) electrons. The molecule has 0 fully saturated rings. The summed E-state index contributed by atoms with van der Waals surface area (Å²) in [5, 5.41) is 0. The Morgan fingerprint density at radius 1 is 0.950 bits per heavy atom. The molecule has 0 N–H and O–H groups in total. The Bertz CT molecular complexity index is 605. The summed E-state index contributed by atoms with van der Waals surface area (Å²) in [4.78, 5) is 24.2. The van der Waals surface area contributed by atoms with Crippen LogP contribution in [-0.2, 0) is 4.79 Å². The number of hydrogen-bond donors (Lipinski definition) is 0. The number of rotatable bonds is 5. The lowest BCUT2D eigenvalue weighted by Gasteiger charge is -2.16. The summed E-state index contributed by atoms with van der Waals surface area (Å²) in [6.07, 6.45) is 1.67. The van der Waals surface area contributed by atoms with Crippen LogP contribution in [0.25, 0.3) is 5.57 Å². The number of carbonyl (C=O) groups excluding carboxylic acids is 2. The molecule has 0 saturated heterocycles. The van der Waals surface area contributed by atoms with Crippen molar-refractivity contribution < 1.29 is 9.59 Å². The van der Waals surface area contributed by atoms with Crippen molar-refractivity contribution in [1.82, 2.24) is 4.90 Å². The predicted molar refractivity (Wildman–Crippen MR) is 78.6 cm³/mol. The van der Waals surface area contributed by atoms with Gasteiger partial charge in [-0.1, -0.05) is 55.1 Å². The van der Waals surface area contributed by atoms with Gasteiger partial charge >= 0.3 is 6.41 Å². The zero-order valence-electron chi connectivity index (χ0n) is 11.0. The van der Waals surface area contributed by atoms with Crippen LogP contribution in [0.3, 0.4) is 0 Å². The van der Waals surface area contributed by atoms with Crippen LogP contribution >= 0.6 is 0 Å². The lowest BCUT2D eigenvalue weighted by atomic mass is 10.1. The Hall–Kier alpha value is -2.68. The second-order valence-electron chi connectivity index (χ2n) is 4.32. The van der Waals surface area contributed by atoms with E-state index in [2.05, 4.69) is 6.58 Å². The molecule has 0 aliphatic carbocycles. The molecule has 0 spiro atoms. The van der Waals surface area contributed by atoms with E-state index < -0.39 is 0 Å². The second-order valence-corrected chi connectivity index (χ2v) is 4.32. The summed E-state index contributed by atoms with van der Waals surface area (Å²) in [6.45, 7) is 4.04. The third kappa shape index (κ3) is 3.20. The first-order valence-electron chi connectivity index (χ1n) is 6.20. The SMILES string of the molecule is C=C(CN([C]=O)C(=O)c1ccccc1)c1ccccc1. The van der Waals surface area contributed by atoms with Gasteiger partial charge in [-0.2, -0.15) is 0 Å². The van der Waals surface area contributed by atoms with E-state index in [9.17, 15) is 9.59 Å². The van der Waals surface area contributed by atoms with Crippen LogP contribution in [-0.4, -0.2) is 23.8 Å². The van der Waals surface area contributed by atoms with E-state index in [0.717, 1.165) is 10.5 Å². The first-order valence-corrected chi connectivity index (χ1v) is 6.20. The molecule has 0 aliphatic heterocycles. The van der Waals surface area contributed by atoms with Gasteiger partial charge in [0.15, 0.2) is 0 Å². The van der Waals surface area contributed by atoms with Gasteiger partial charge in [-0.3, -0.25) is 14.5 Å². The summed E-state index contributed by atoms with van der Waals surface area (Å²) >= 11 is 0. The summed E-state index contributed by atoms with van der Waals surface area (Å²) in [5.41, 5.74) is 2.04. The van der Waals surface area contributed by atoms with Crippen LogP contribution in [0.5, 0.6) is 0 Å². The molecule has 0 saturated carbocycles. The van der Waals surface area contributed by atoms with Gasteiger partial charge < -0.3 is 0 Å². The number of carbonyl (C=O) groups is 1. The second kappa shape index (κ2) is 6.48. The number of benzene rings is 2. The van der Waals surface area contributed by atoms with Gasteiger partial charge in [0.1, 0.15) is 0 Å². The molecule has 2 amide bonds. The van der Waals surface area contributed by atoms with Crippen molar-refractivity contribution in [3.63, 3.8) is 0 Å². The third-order valence-corrected chi connectivity index (χ3v) is 2.91. The first-order chi connectivity index (χ1) is 9.72. The smallest absolute Gasteiger partial charge is 0.269 e. The molecular formula is C17H14NO2. The molecule has 0 unspecified atom stereocenters. The van der Waals surface area contributed by atoms with Crippen LogP contribution in [0.15, 0.2) is 67.2 Å². The highest BCUT2D eigenvalue weighted by atomic mass is 16.2. The predicted octanol–water partition coefficient (Wildman–Crippen LogP) is 2.91. The van der Waals surface area contributed by atoms with Crippen molar-refractivity contribution in [3.8, 4) is 0 Å². The van der Waals surface area contributed by atoms with Crippen LogP contribution in [0.2, 0.25) is 0 Å². The molecule has 0 aliphatic rings.